The van der Waals surface area contributed by atoms with Crippen molar-refractivity contribution in [2.24, 2.45) is 4.99 Å². The second-order valence-corrected chi connectivity index (χ2v) is 5.67. The summed E-state index contributed by atoms with van der Waals surface area (Å²) >= 11 is 3.37. The summed E-state index contributed by atoms with van der Waals surface area (Å²) in [6.45, 7) is 2.02. The first-order valence-electron chi connectivity index (χ1n) is 6.47. The molecule has 0 bridgehead atoms. The van der Waals surface area contributed by atoms with Gasteiger partial charge in [0.05, 0.1) is 0 Å². The van der Waals surface area contributed by atoms with E-state index in [1.54, 1.807) is 6.08 Å². The van der Waals surface area contributed by atoms with Crippen molar-refractivity contribution in [3.8, 4) is 0 Å². The Morgan fingerprint density at radius 3 is 2.38 bits per heavy atom. The van der Waals surface area contributed by atoms with Crippen LogP contribution in [-0.2, 0) is 9.53 Å². The van der Waals surface area contributed by atoms with Gasteiger partial charge in [0.1, 0.15) is 0 Å². The van der Waals surface area contributed by atoms with Crippen molar-refractivity contribution in [1.29, 1.82) is 0 Å². The van der Waals surface area contributed by atoms with Crippen LogP contribution in [0.15, 0.2) is 63.7 Å². The molecule has 0 saturated carbocycles. The molecule has 2 aromatic rings. The highest BCUT2D eigenvalue weighted by Crippen LogP contribution is 2.20. The number of benzene rings is 2. The third kappa shape index (κ3) is 3.11. The second kappa shape index (κ2) is 5.66. The smallest absolute Gasteiger partial charge is 0.363 e. The molecular weight excluding hydrogens is 330 g/mol. The van der Waals surface area contributed by atoms with E-state index in [-0.39, 0.29) is 0 Å². The van der Waals surface area contributed by atoms with Crippen LogP contribution in [0.25, 0.3) is 6.08 Å². The number of aliphatic imine (C=N–C) groups is 1. The maximum atomic E-state index is 11.9. The molecule has 2 aromatic carbocycles. The lowest BCUT2D eigenvalue weighted by atomic mass is 10.1. The zero-order valence-corrected chi connectivity index (χ0v) is 12.9. The van der Waals surface area contributed by atoms with Crippen LogP contribution in [0.5, 0.6) is 0 Å². The predicted molar refractivity (Wildman–Crippen MR) is 85.9 cm³/mol. The van der Waals surface area contributed by atoms with Gasteiger partial charge >= 0.3 is 5.97 Å². The molecule has 0 unspecified atom stereocenters. The average molecular weight is 342 g/mol. The molecule has 0 aromatic heterocycles. The molecule has 3 nitrogen and oxygen atoms in total. The van der Waals surface area contributed by atoms with Gasteiger partial charge in [-0.3, -0.25) is 0 Å². The number of halogens is 1. The van der Waals surface area contributed by atoms with E-state index in [4.69, 9.17) is 4.74 Å². The largest absolute Gasteiger partial charge is 0.402 e. The lowest BCUT2D eigenvalue weighted by molar-refractivity contribution is -0.129. The fourth-order valence-electron chi connectivity index (χ4n) is 1.95. The minimum atomic E-state index is -0.423. The van der Waals surface area contributed by atoms with Crippen molar-refractivity contribution in [3.63, 3.8) is 0 Å². The molecule has 104 valence electrons. The first-order chi connectivity index (χ1) is 10.1. The molecule has 0 atom stereocenters. The highest BCUT2D eigenvalue weighted by molar-refractivity contribution is 9.10. The molecule has 1 aliphatic heterocycles. The van der Waals surface area contributed by atoms with Crippen LogP contribution in [0.4, 0.5) is 0 Å². The molecule has 4 heteroatoms. The van der Waals surface area contributed by atoms with Gasteiger partial charge in [0.15, 0.2) is 5.70 Å². The van der Waals surface area contributed by atoms with Crippen LogP contribution >= 0.6 is 15.9 Å². The fraction of sp³-hybridized carbons (Fsp3) is 0.0588. The number of cyclic esters (lactones) is 1. The maximum absolute atomic E-state index is 11.9. The molecule has 0 saturated heterocycles. The summed E-state index contributed by atoms with van der Waals surface area (Å²) in [5.41, 5.74) is 3.19. The van der Waals surface area contributed by atoms with E-state index >= 15 is 0 Å². The molecule has 0 fully saturated rings. The highest BCUT2D eigenvalue weighted by atomic mass is 79.9. The Morgan fingerprint density at radius 2 is 1.71 bits per heavy atom. The first-order valence-corrected chi connectivity index (χ1v) is 7.26. The quantitative estimate of drug-likeness (QED) is 0.609. The summed E-state index contributed by atoms with van der Waals surface area (Å²) in [5.74, 6) is -0.0839. The summed E-state index contributed by atoms with van der Waals surface area (Å²) in [4.78, 5) is 16.2. The highest BCUT2D eigenvalue weighted by Gasteiger charge is 2.23. The lowest BCUT2D eigenvalue weighted by Crippen LogP contribution is -2.05. The number of carbonyl (C=O) groups is 1. The summed E-state index contributed by atoms with van der Waals surface area (Å²) in [5, 5.41) is 0. The normalized spacial score (nSPS) is 16.0. The van der Waals surface area contributed by atoms with Crippen molar-refractivity contribution >= 4 is 33.9 Å². The third-order valence-corrected chi connectivity index (χ3v) is 3.62. The average Bonchev–Trinajstić information content (AvgIpc) is 2.83. The SMILES string of the molecule is Cc1ccc(C=C2N=C(c3ccc(Br)cc3)OC2=O)cc1. The van der Waals surface area contributed by atoms with Gasteiger partial charge in [-0.2, -0.15) is 0 Å². The number of nitrogens with zero attached hydrogens (tertiary/aromatic N) is 1. The molecule has 0 spiro atoms. The molecule has 0 radical (unpaired) electrons. The Hall–Kier alpha value is -2.20. The topological polar surface area (TPSA) is 38.7 Å². The number of hydrogen-bond donors (Lipinski definition) is 0. The van der Waals surface area contributed by atoms with Gasteiger partial charge in [0, 0.05) is 10.0 Å². The molecule has 1 heterocycles. The number of hydrogen-bond acceptors (Lipinski definition) is 3. The van der Waals surface area contributed by atoms with Gasteiger partial charge < -0.3 is 4.74 Å². The van der Waals surface area contributed by atoms with Crippen LogP contribution in [-0.4, -0.2) is 11.9 Å². The molecule has 1 aliphatic rings. The van der Waals surface area contributed by atoms with Crippen LogP contribution in [0.2, 0.25) is 0 Å². The van der Waals surface area contributed by atoms with E-state index in [1.165, 1.54) is 5.56 Å². The van der Waals surface area contributed by atoms with Crippen molar-refractivity contribution in [1.82, 2.24) is 0 Å². The van der Waals surface area contributed by atoms with Gasteiger partial charge in [-0.05, 0) is 42.8 Å². The Balaban J connectivity index is 1.91. The number of rotatable bonds is 2. The second-order valence-electron chi connectivity index (χ2n) is 4.75. The van der Waals surface area contributed by atoms with E-state index in [0.717, 1.165) is 15.6 Å². The fourth-order valence-corrected chi connectivity index (χ4v) is 2.21. The van der Waals surface area contributed by atoms with Gasteiger partial charge in [-0.15, -0.1) is 0 Å². The molecule has 0 N–H and O–H groups in total. The van der Waals surface area contributed by atoms with E-state index in [1.807, 2.05) is 55.5 Å². The first kappa shape index (κ1) is 13.8. The Bertz CT molecular complexity index is 743. The lowest BCUT2D eigenvalue weighted by Gasteiger charge is -1.98. The number of carbonyl (C=O) groups excluding carboxylic acids is 1. The zero-order valence-electron chi connectivity index (χ0n) is 11.3. The van der Waals surface area contributed by atoms with E-state index < -0.39 is 5.97 Å². The number of ether oxygens (including phenoxy) is 1. The monoisotopic (exact) mass is 341 g/mol. The van der Waals surface area contributed by atoms with Crippen LogP contribution in [0.1, 0.15) is 16.7 Å². The molecule has 21 heavy (non-hydrogen) atoms. The summed E-state index contributed by atoms with van der Waals surface area (Å²) in [6, 6.07) is 15.3. The van der Waals surface area contributed by atoms with Crippen LogP contribution in [0, 0.1) is 6.92 Å². The number of esters is 1. The van der Waals surface area contributed by atoms with Crippen molar-refractivity contribution in [2.75, 3.05) is 0 Å². The Morgan fingerprint density at radius 1 is 1.05 bits per heavy atom. The van der Waals surface area contributed by atoms with Crippen LogP contribution in [0.3, 0.4) is 0 Å². The third-order valence-electron chi connectivity index (χ3n) is 3.09. The molecule has 3 rings (SSSR count). The Kier molecular flexibility index (Phi) is 3.71. The van der Waals surface area contributed by atoms with Gasteiger partial charge in [-0.1, -0.05) is 45.8 Å². The van der Waals surface area contributed by atoms with Gasteiger partial charge in [0.2, 0.25) is 5.90 Å². The standard InChI is InChI=1S/C17H12BrNO2/c1-11-2-4-12(5-3-11)10-15-17(20)21-16(19-15)13-6-8-14(18)9-7-13/h2-10H,1H3. The molecule has 0 amide bonds. The Labute approximate surface area is 131 Å². The zero-order chi connectivity index (χ0) is 14.8. The van der Waals surface area contributed by atoms with Gasteiger partial charge in [0.25, 0.3) is 0 Å². The molecule has 0 aliphatic carbocycles. The minimum Gasteiger partial charge on any atom is -0.402 e. The van der Waals surface area contributed by atoms with E-state index in [2.05, 4.69) is 20.9 Å². The summed E-state index contributed by atoms with van der Waals surface area (Å²) in [7, 11) is 0. The maximum Gasteiger partial charge on any atom is 0.363 e. The summed E-state index contributed by atoms with van der Waals surface area (Å²) in [6.07, 6.45) is 1.73. The minimum absolute atomic E-state index is 0.316. The van der Waals surface area contributed by atoms with Gasteiger partial charge in [-0.25, -0.2) is 9.79 Å². The number of aryl methyl sites for hydroxylation is 1. The van der Waals surface area contributed by atoms with E-state index in [0.29, 0.717) is 11.6 Å². The predicted octanol–water partition coefficient (Wildman–Crippen LogP) is 4.10. The van der Waals surface area contributed by atoms with Crippen molar-refractivity contribution in [2.45, 2.75) is 6.92 Å². The van der Waals surface area contributed by atoms with E-state index in [9.17, 15) is 4.79 Å². The van der Waals surface area contributed by atoms with Crippen molar-refractivity contribution in [3.05, 3.63) is 75.4 Å². The van der Waals surface area contributed by atoms with Crippen molar-refractivity contribution < 1.29 is 9.53 Å². The summed E-state index contributed by atoms with van der Waals surface area (Å²) < 4.78 is 6.19. The van der Waals surface area contributed by atoms with Crippen LogP contribution < -0.4 is 0 Å². The molecular formula is C17H12BrNO2.